The second-order valence-corrected chi connectivity index (χ2v) is 6.53. The maximum Gasteiger partial charge on any atom is 0.194 e. The van der Waals surface area contributed by atoms with Gasteiger partial charge in [0.2, 0.25) is 0 Å². The molecule has 0 spiro atoms. The van der Waals surface area contributed by atoms with Crippen LogP contribution in [0.5, 0.6) is 0 Å². The van der Waals surface area contributed by atoms with Crippen molar-refractivity contribution in [3.05, 3.63) is 47.5 Å². The van der Waals surface area contributed by atoms with E-state index in [0.29, 0.717) is 12.5 Å². The van der Waals surface area contributed by atoms with Gasteiger partial charge in [-0.2, -0.15) is 0 Å². The molecule has 4 rings (SSSR count). The number of guanidine groups is 1. The summed E-state index contributed by atoms with van der Waals surface area (Å²) in [5.74, 6) is 3.68. The Morgan fingerprint density at radius 3 is 2.88 bits per heavy atom. The number of aliphatic imine (C=N–C) groups is 1. The number of halogens is 1. The molecule has 1 fully saturated rings. The first-order valence-electron chi connectivity index (χ1n) is 8.76. The van der Waals surface area contributed by atoms with Crippen molar-refractivity contribution in [3.8, 4) is 0 Å². The third-order valence-electron chi connectivity index (χ3n) is 5.06. The standard InChI is InChI=1S/C18H24N6.HI/c1-19-18(20-12-17-22-21-16-8-5-10-24(16)17)23-11-9-15(13-23)14-6-3-2-4-7-14;/h2-4,6-7,15H,5,8-13H2,1H3,(H,19,20);1H. The number of nitrogens with one attached hydrogen (secondary N) is 1. The maximum absolute atomic E-state index is 4.47. The van der Waals surface area contributed by atoms with Crippen molar-refractivity contribution in [3.63, 3.8) is 0 Å². The van der Waals surface area contributed by atoms with E-state index in [1.54, 1.807) is 0 Å². The first kappa shape index (κ1) is 18.2. The molecular weight excluding hydrogens is 427 g/mol. The molecule has 25 heavy (non-hydrogen) atoms. The molecule has 3 heterocycles. The van der Waals surface area contributed by atoms with Crippen LogP contribution in [0.4, 0.5) is 0 Å². The fourth-order valence-corrected chi connectivity index (χ4v) is 3.78. The first-order valence-corrected chi connectivity index (χ1v) is 8.76. The number of benzene rings is 1. The Hall–Kier alpha value is -1.64. The average Bonchev–Trinajstić information content (AvgIpc) is 3.34. The van der Waals surface area contributed by atoms with Crippen LogP contribution in [0.3, 0.4) is 0 Å². The van der Waals surface area contributed by atoms with E-state index in [1.165, 1.54) is 18.4 Å². The van der Waals surface area contributed by atoms with Crippen molar-refractivity contribution in [2.45, 2.75) is 38.3 Å². The van der Waals surface area contributed by atoms with Crippen molar-refractivity contribution < 1.29 is 0 Å². The minimum absolute atomic E-state index is 0. The van der Waals surface area contributed by atoms with Crippen molar-refractivity contribution in [1.29, 1.82) is 0 Å². The third-order valence-corrected chi connectivity index (χ3v) is 5.06. The van der Waals surface area contributed by atoms with Gasteiger partial charge in [-0.05, 0) is 18.4 Å². The zero-order chi connectivity index (χ0) is 16.4. The summed E-state index contributed by atoms with van der Waals surface area (Å²) < 4.78 is 2.23. The Balaban J connectivity index is 0.00000182. The molecule has 0 aliphatic carbocycles. The fourth-order valence-electron chi connectivity index (χ4n) is 3.78. The van der Waals surface area contributed by atoms with Gasteiger partial charge >= 0.3 is 0 Å². The topological polar surface area (TPSA) is 58.3 Å². The highest BCUT2D eigenvalue weighted by molar-refractivity contribution is 14.0. The number of nitrogens with zero attached hydrogens (tertiary/aromatic N) is 5. The summed E-state index contributed by atoms with van der Waals surface area (Å²) in [7, 11) is 1.85. The number of likely N-dealkylation sites (tertiary alicyclic amines) is 1. The third kappa shape index (κ3) is 3.80. The largest absolute Gasteiger partial charge is 0.349 e. The van der Waals surface area contributed by atoms with Crippen LogP contribution in [0.25, 0.3) is 0 Å². The lowest BCUT2D eigenvalue weighted by Crippen LogP contribution is -2.40. The van der Waals surface area contributed by atoms with E-state index >= 15 is 0 Å². The second kappa shape index (κ2) is 8.16. The van der Waals surface area contributed by atoms with Gasteiger partial charge < -0.3 is 14.8 Å². The number of rotatable bonds is 3. The highest BCUT2D eigenvalue weighted by Gasteiger charge is 2.26. The first-order chi connectivity index (χ1) is 11.8. The molecule has 134 valence electrons. The molecule has 1 N–H and O–H groups in total. The minimum atomic E-state index is 0. The molecular formula is C18H25IN6. The molecule has 0 amide bonds. The molecule has 1 saturated heterocycles. The summed E-state index contributed by atoms with van der Waals surface area (Å²) >= 11 is 0. The number of aromatic nitrogens is 3. The lowest BCUT2D eigenvalue weighted by molar-refractivity contribution is 0.482. The van der Waals surface area contributed by atoms with E-state index < -0.39 is 0 Å². The molecule has 0 bridgehead atoms. The summed E-state index contributed by atoms with van der Waals surface area (Å²) in [6.07, 6.45) is 3.40. The van der Waals surface area contributed by atoms with E-state index in [1.807, 2.05) is 7.05 Å². The van der Waals surface area contributed by atoms with Gasteiger partial charge in [-0.15, -0.1) is 34.2 Å². The molecule has 2 aromatic rings. The normalized spacial score (nSPS) is 19.6. The summed E-state index contributed by atoms with van der Waals surface area (Å²) in [5.41, 5.74) is 1.42. The Morgan fingerprint density at radius 1 is 1.24 bits per heavy atom. The number of aryl methyl sites for hydroxylation is 1. The smallest absolute Gasteiger partial charge is 0.194 e. The quantitative estimate of drug-likeness (QED) is 0.442. The van der Waals surface area contributed by atoms with Gasteiger partial charge in [0, 0.05) is 39.0 Å². The van der Waals surface area contributed by atoms with E-state index in [4.69, 9.17) is 0 Å². The van der Waals surface area contributed by atoms with E-state index in [2.05, 4.69) is 60.3 Å². The van der Waals surface area contributed by atoms with Gasteiger partial charge in [-0.25, -0.2) is 0 Å². The molecule has 0 saturated carbocycles. The monoisotopic (exact) mass is 452 g/mol. The lowest BCUT2D eigenvalue weighted by atomic mass is 9.99. The van der Waals surface area contributed by atoms with Crippen LogP contribution in [0.2, 0.25) is 0 Å². The van der Waals surface area contributed by atoms with E-state index in [9.17, 15) is 0 Å². The Kier molecular flexibility index (Phi) is 5.93. The van der Waals surface area contributed by atoms with Crippen molar-refractivity contribution in [1.82, 2.24) is 25.0 Å². The summed E-state index contributed by atoms with van der Waals surface area (Å²) in [6, 6.07) is 10.8. The molecule has 2 aliphatic rings. The maximum atomic E-state index is 4.47. The van der Waals surface area contributed by atoms with Gasteiger partial charge in [-0.3, -0.25) is 4.99 Å². The molecule has 6 nitrogen and oxygen atoms in total. The van der Waals surface area contributed by atoms with Gasteiger partial charge in [0.1, 0.15) is 5.82 Å². The summed E-state index contributed by atoms with van der Waals surface area (Å²) in [5, 5.41) is 12.0. The fraction of sp³-hybridized carbons (Fsp3) is 0.500. The van der Waals surface area contributed by atoms with Crippen molar-refractivity contribution >= 4 is 29.9 Å². The molecule has 7 heteroatoms. The van der Waals surface area contributed by atoms with Crippen LogP contribution < -0.4 is 5.32 Å². The molecule has 1 atom stereocenters. The predicted molar refractivity (Wildman–Crippen MR) is 109 cm³/mol. The number of hydrogen-bond donors (Lipinski definition) is 1. The molecule has 2 aliphatic heterocycles. The molecule has 1 aromatic heterocycles. The van der Waals surface area contributed by atoms with Gasteiger partial charge in [0.05, 0.1) is 6.54 Å². The van der Waals surface area contributed by atoms with E-state index in [-0.39, 0.29) is 24.0 Å². The van der Waals surface area contributed by atoms with Gasteiger partial charge in [0.15, 0.2) is 11.8 Å². The summed E-state index contributed by atoms with van der Waals surface area (Å²) in [4.78, 5) is 6.81. The zero-order valence-electron chi connectivity index (χ0n) is 14.6. The number of hydrogen-bond acceptors (Lipinski definition) is 3. The Morgan fingerprint density at radius 2 is 2.08 bits per heavy atom. The predicted octanol–water partition coefficient (Wildman–Crippen LogP) is 2.41. The van der Waals surface area contributed by atoms with E-state index in [0.717, 1.165) is 43.7 Å². The molecule has 1 aromatic carbocycles. The van der Waals surface area contributed by atoms with Crippen LogP contribution in [-0.2, 0) is 19.5 Å². The van der Waals surface area contributed by atoms with Crippen molar-refractivity contribution in [2.75, 3.05) is 20.1 Å². The number of fused-ring (bicyclic) bond motifs is 1. The highest BCUT2D eigenvalue weighted by atomic mass is 127. The lowest BCUT2D eigenvalue weighted by Gasteiger charge is -2.21. The van der Waals surface area contributed by atoms with Gasteiger partial charge in [-0.1, -0.05) is 30.3 Å². The van der Waals surface area contributed by atoms with Crippen LogP contribution >= 0.6 is 24.0 Å². The Labute approximate surface area is 165 Å². The highest BCUT2D eigenvalue weighted by Crippen LogP contribution is 2.26. The molecule has 1 unspecified atom stereocenters. The second-order valence-electron chi connectivity index (χ2n) is 6.53. The van der Waals surface area contributed by atoms with Crippen molar-refractivity contribution in [2.24, 2.45) is 4.99 Å². The minimum Gasteiger partial charge on any atom is -0.349 e. The van der Waals surface area contributed by atoms with Gasteiger partial charge in [0.25, 0.3) is 0 Å². The van der Waals surface area contributed by atoms with Crippen LogP contribution in [0.1, 0.15) is 36.0 Å². The SMILES string of the molecule is CN=C(NCc1nnc2n1CCC2)N1CCC(c2ccccc2)C1.I. The van der Waals surface area contributed by atoms with Crippen LogP contribution in [-0.4, -0.2) is 45.8 Å². The summed E-state index contributed by atoms with van der Waals surface area (Å²) in [6.45, 7) is 3.78. The Bertz CT molecular complexity index is 726. The zero-order valence-corrected chi connectivity index (χ0v) is 16.9. The molecule has 0 radical (unpaired) electrons. The van der Waals surface area contributed by atoms with Crippen LogP contribution in [0.15, 0.2) is 35.3 Å². The van der Waals surface area contributed by atoms with Crippen LogP contribution in [0, 0.1) is 0 Å². The average molecular weight is 452 g/mol.